The maximum atomic E-state index is 13.6. The number of amides is 2. The van der Waals surface area contributed by atoms with Crippen molar-refractivity contribution in [3.63, 3.8) is 0 Å². The zero-order valence-corrected chi connectivity index (χ0v) is 22.1. The summed E-state index contributed by atoms with van der Waals surface area (Å²) in [6, 6.07) is 41.5. The quantitative estimate of drug-likeness (QED) is 0.255. The van der Waals surface area contributed by atoms with Crippen molar-refractivity contribution in [2.75, 3.05) is 10.6 Å². The van der Waals surface area contributed by atoms with Crippen LogP contribution < -0.4 is 15.7 Å². The molecule has 0 spiro atoms. The fourth-order valence-electron chi connectivity index (χ4n) is 4.89. The molecule has 0 aliphatic rings. The van der Waals surface area contributed by atoms with Gasteiger partial charge in [-0.15, -0.1) is 0 Å². The van der Waals surface area contributed by atoms with Gasteiger partial charge in [0.05, 0.1) is 17.8 Å². The summed E-state index contributed by atoms with van der Waals surface area (Å²) < 4.78 is 0. The van der Waals surface area contributed by atoms with Crippen molar-refractivity contribution in [3.8, 4) is 0 Å². The van der Waals surface area contributed by atoms with Gasteiger partial charge in [-0.3, -0.25) is 9.59 Å². The van der Waals surface area contributed by atoms with Crippen LogP contribution in [0.5, 0.6) is 0 Å². The maximum absolute atomic E-state index is 13.6. The van der Waals surface area contributed by atoms with Crippen molar-refractivity contribution in [2.45, 2.75) is 11.8 Å². The predicted molar refractivity (Wildman–Crippen MR) is 157 cm³/mol. The van der Waals surface area contributed by atoms with Crippen LogP contribution in [0.15, 0.2) is 140 Å². The summed E-state index contributed by atoms with van der Waals surface area (Å²) in [5.74, 6) is -3.39. The Hall–Kier alpha value is -5.49. The molecule has 0 bridgehead atoms. The number of aromatic carboxylic acids is 1. The fourth-order valence-corrected chi connectivity index (χ4v) is 4.89. The predicted octanol–water partition coefficient (Wildman–Crippen LogP) is 5.59. The maximum Gasteiger partial charge on any atom is 0.236 e. The van der Waals surface area contributed by atoms with Gasteiger partial charge in [0.2, 0.25) is 11.8 Å². The van der Waals surface area contributed by atoms with Crippen molar-refractivity contribution in [1.82, 2.24) is 0 Å². The summed E-state index contributed by atoms with van der Waals surface area (Å²) >= 11 is 0. The number of benzene rings is 5. The van der Waals surface area contributed by atoms with Gasteiger partial charge in [0, 0.05) is 16.9 Å². The molecule has 6 nitrogen and oxygen atoms in total. The van der Waals surface area contributed by atoms with Gasteiger partial charge in [0.25, 0.3) is 0 Å². The van der Waals surface area contributed by atoms with E-state index in [0.29, 0.717) is 0 Å². The smallest absolute Gasteiger partial charge is 0.236 e. The van der Waals surface area contributed by atoms with Crippen LogP contribution in [-0.4, -0.2) is 17.8 Å². The van der Waals surface area contributed by atoms with Crippen molar-refractivity contribution < 1.29 is 19.5 Å². The SMILES string of the molecule is O=C([O-])c1cc(NC(=O)C(c2ccccc2)c2ccccc2)cc(NC(=O)C(c2ccccc2)c2ccccc2)c1. The van der Waals surface area contributed by atoms with Crippen molar-refractivity contribution in [3.05, 3.63) is 167 Å². The van der Waals surface area contributed by atoms with Gasteiger partial charge in [-0.25, -0.2) is 0 Å². The van der Waals surface area contributed by atoms with E-state index in [1.165, 1.54) is 12.1 Å². The Labute approximate surface area is 238 Å². The molecular weight excluding hydrogens is 512 g/mol. The van der Waals surface area contributed by atoms with Gasteiger partial charge in [-0.2, -0.15) is 0 Å². The third-order valence-electron chi connectivity index (χ3n) is 6.76. The number of hydrogen-bond donors (Lipinski definition) is 2. The van der Waals surface area contributed by atoms with E-state index < -0.39 is 17.8 Å². The van der Waals surface area contributed by atoms with Crippen LogP contribution in [-0.2, 0) is 9.59 Å². The number of carboxylic acids is 1. The summed E-state index contributed by atoms with van der Waals surface area (Å²) in [5.41, 5.74) is 3.41. The number of nitrogens with one attached hydrogen (secondary N) is 2. The number of carbonyl (C=O) groups excluding carboxylic acids is 3. The summed E-state index contributed by atoms with van der Waals surface area (Å²) in [7, 11) is 0. The van der Waals surface area contributed by atoms with E-state index in [4.69, 9.17) is 0 Å². The molecule has 0 aliphatic carbocycles. The normalized spacial score (nSPS) is 10.8. The topological polar surface area (TPSA) is 98.3 Å². The molecular formula is C35H27N2O4-. The van der Waals surface area contributed by atoms with Crippen LogP contribution in [0.2, 0.25) is 0 Å². The zero-order chi connectivity index (χ0) is 28.6. The molecule has 0 aliphatic heterocycles. The molecule has 5 aromatic rings. The Morgan fingerprint density at radius 2 is 0.756 bits per heavy atom. The number of carboxylic acid groups (broad SMARTS) is 1. The molecule has 0 saturated carbocycles. The summed E-state index contributed by atoms with van der Waals surface area (Å²) in [4.78, 5) is 39.2. The molecule has 0 heterocycles. The Morgan fingerprint density at radius 3 is 1.02 bits per heavy atom. The van der Waals surface area contributed by atoms with Crippen LogP contribution in [0.25, 0.3) is 0 Å². The van der Waals surface area contributed by atoms with E-state index in [1.54, 1.807) is 6.07 Å². The largest absolute Gasteiger partial charge is 0.545 e. The number of rotatable bonds is 9. The first-order valence-electron chi connectivity index (χ1n) is 13.2. The lowest BCUT2D eigenvalue weighted by atomic mass is 9.90. The molecule has 202 valence electrons. The van der Waals surface area contributed by atoms with Crippen LogP contribution >= 0.6 is 0 Å². The second-order valence-corrected chi connectivity index (χ2v) is 9.57. The third kappa shape index (κ3) is 6.57. The fraction of sp³-hybridized carbons (Fsp3) is 0.0571. The Morgan fingerprint density at radius 1 is 0.463 bits per heavy atom. The standard InChI is InChI=1S/C35H28N2O4/c38-33(31(24-13-5-1-6-14-24)25-15-7-2-8-16-25)36-29-21-28(35(40)41)22-30(23-29)37-34(39)32(26-17-9-3-10-18-26)27-19-11-4-12-20-27/h1-23,31-32H,(H,36,38)(H,37,39)(H,40,41)/p-1. The minimum atomic E-state index is -1.43. The van der Waals surface area contributed by atoms with E-state index in [2.05, 4.69) is 10.6 Å². The average Bonchev–Trinajstić information content (AvgIpc) is 2.99. The minimum Gasteiger partial charge on any atom is -0.545 e. The zero-order valence-electron chi connectivity index (χ0n) is 22.1. The molecule has 0 atom stereocenters. The van der Waals surface area contributed by atoms with Crippen LogP contribution in [0.1, 0.15) is 44.4 Å². The molecule has 0 fully saturated rings. The van der Waals surface area contributed by atoms with Gasteiger partial charge >= 0.3 is 0 Å². The highest BCUT2D eigenvalue weighted by Gasteiger charge is 2.25. The average molecular weight is 540 g/mol. The first kappa shape index (κ1) is 27.1. The van der Waals surface area contributed by atoms with E-state index in [9.17, 15) is 19.5 Å². The summed E-state index contributed by atoms with van der Waals surface area (Å²) in [5, 5.41) is 17.6. The molecule has 0 aromatic heterocycles. The number of carbonyl (C=O) groups is 3. The van der Waals surface area contributed by atoms with Crippen LogP contribution in [0.4, 0.5) is 11.4 Å². The Kier molecular flexibility index (Phi) is 8.31. The van der Waals surface area contributed by atoms with Gasteiger partial charge < -0.3 is 20.5 Å². The van der Waals surface area contributed by atoms with Gasteiger partial charge in [-0.1, -0.05) is 121 Å². The van der Waals surface area contributed by atoms with E-state index in [0.717, 1.165) is 22.3 Å². The highest BCUT2D eigenvalue weighted by Crippen LogP contribution is 2.30. The van der Waals surface area contributed by atoms with Crippen LogP contribution in [0.3, 0.4) is 0 Å². The lowest BCUT2D eigenvalue weighted by Gasteiger charge is -2.20. The monoisotopic (exact) mass is 539 g/mol. The first-order valence-corrected chi connectivity index (χ1v) is 13.2. The second-order valence-electron chi connectivity index (χ2n) is 9.57. The highest BCUT2D eigenvalue weighted by atomic mass is 16.4. The Bertz CT molecular complexity index is 1450. The van der Waals surface area contributed by atoms with Gasteiger partial charge in [-0.05, 0) is 40.5 Å². The summed E-state index contributed by atoms with van der Waals surface area (Å²) in [6.07, 6.45) is 0. The molecule has 0 radical (unpaired) electrons. The van der Waals surface area contributed by atoms with Crippen molar-refractivity contribution in [1.29, 1.82) is 0 Å². The molecule has 5 rings (SSSR count). The van der Waals surface area contributed by atoms with Gasteiger partial charge in [0.1, 0.15) is 0 Å². The molecule has 2 N–H and O–H groups in total. The van der Waals surface area contributed by atoms with E-state index in [-0.39, 0.29) is 28.8 Å². The lowest BCUT2D eigenvalue weighted by molar-refractivity contribution is -0.255. The van der Waals surface area contributed by atoms with E-state index >= 15 is 0 Å². The second kappa shape index (κ2) is 12.6. The lowest BCUT2D eigenvalue weighted by Crippen LogP contribution is -2.26. The summed E-state index contributed by atoms with van der Waals surface area (Å²) in [6.45, 7) is 0. The van der Waals surface area contributed by atoms with E-state index in [1.807, 2.05) is 121 Å². The highest BCUT2D eigenvalue weighted by molar-refractivity contribution is 6.02. The molecule has 6 heteroatoms. The van der Waals surface area contributed by atoms with Crippen molar-refractivity contribution in [2.24, 2.45) is 0 Å². The number of anilines is 2. The Balaban J connectivity index is 1.46. The van der Waals surface area contributed by atoms with Crippen molar-refractivity contribution >= 4 is 29.2 Å². The molecule has 0 unspecified atom stereocenters. The molecule has 41 heavy (non-hydrogen) atoms. The van der Waals surface area contributed by atoms with Gasteiger partial charge in [0.15, 0.2) is 0 Å². The molecule has 5 aromatic carbocycles. The molecule has 2 amide bonds. The third-order valence-corrected chi connectivity index (χ3v) is 6.76. The minimum absolute atomic E-state index is 0.176. The number of hydrogen-bond acceptors (Lipinski definition) is 4. The van der Waals surface area contributed by atoms with Crippen LogP contribution in [0, 0.1) is 0 Å². The first-order chi connectivity index (χ1) is 20.0. The molecule has 0 saturated heterocycles.